The van der Waals surface area contributed by atoms with E-state index in [-0.39, 0.29) is 6.03 Å². The first-order valence-corrected chi connectivity index (χ1v) is 8.14. The molecule has 2 rings (SSSR count). The molecule has 0 unspecified atom stereocenters. The highest BCUT2D eigenvalue weighted by Gasteiger charge is 2.04. The van der Waals surface area contributed by atoms with Crippen LogP contribution in [-0.2, 0) is 0 Å². The van der Waals surface area contributed by atoms with Gasteiger partial charge in [-0.1, -0.05) is 19.8 Å². The van der Waals surface area contributed by atoms with Crippen LogP contribution < -0.4 is 10.6 Å². The molecule has 21 heavy (non-hydrogen) atoms. The van der Waals surface area contributed by atoms with Gasteiger partial charge in [0.15, 0.2) is 0 Å². The topological polar surface area (TPSA) is 54.0 Å². The molecule has 0 saturated carbocycles. The van der Waals surface area contributed by atoms with E-state index in [0.29, 0.717) is 0 Å². The van der Waals surface area contributed by atoms with Crippen LogP contribution in [0.15, 0.2) is 29.6 Å². The van der Waals surface area contributed by atoms with Gasteiger partial charge in [0.05, 0.1) is 0 Å². The third-order valence-corrected chi connectivity index (χ3v) is 4.08. The van der Waals surface area contributed by atoms with Crippen LogP contribution in [0.4, 0.5) is 10.5 Å². The minimum Gasteiger partial charge on any atom is -0.338 e. The van der Waals surface area contributed by atoms with Crippen molar-refractivity contribution in [3.05, 3.63) is 35.3 Å². The summed E-state index contributed by atoms with van der Waals surface area (Å²) in [5, 5.41) is 8.73. The normalized spacial score (nSPS) is 10.4. The number of thiazole rings is 1. The van der Waals surface area contributed by atoms with Gasteiger partial charge < -0.3 is 10.6 Å². The molecule has 0 radical (unpaired) electrons. The van der Waals surface area contributed by atoms with Crippen molar-refractivity contribution >= 4 is 23.1 Å². The van der Waals surface area contributed by atoms with Crippen molar-refractivity contribution in [3.63, 3.8) is 0 Å². The summed E-state index contributed by atoms with van der Waals surface area (Å²) in [7, 11) is 0. The lowest BCUT2D eigenvalue weighted by molar-refractivity contribution is 0.252. The standard InChI is InChI=1S/C16H21N3OS/c1-3-4-5-10-17-16(20)19-14-8-6-13(7-9-14)15-18-12(2)11-21-15/h6-9,11H,3-5,10H2,1-2H3,(H2,17,19,20). The van der Waals surface area contributed by atoms with E-state index in [9.17, 15) is 4.79 Å². The van der Waals surface area contributed by atoms with Crippen LogP contribution in [0.25, 0.3) is 10.6 Å². The van der Waals surface area contributed by atoms with Gasteiger partial charge in [-0.05, 0) is 37.6 Å². The zero-order valence-corrected chi connectivity index (χ0v) is 13.3. The Bertz CT molecular complexity index is 577. The number of aromatic nitrogens is 1. The number of benzene rings is 1. The van der Waals surface area contributed by atoms with Crippen molar-refractivity contribution in [3.8, 4) is 10.6 Å². The second kappa shape index (κ2) is 7.78. The predicted molar refractivity (Wildman–Crippen MR) is 88.8 cm³/mol. The Hall–Kier alpha value is -1.88. The first-order valence-electron chi connectivity index (χ1n) is 7.26. The Morgan fingerprint density at radius 1 is 1.24 bits per heavy atom. The van der Waals surface area contributed by atoms with Crippen LogP contribution in [0.1, 0.15) is 31.9 Å². The van der Waals surface area contributed by atoms with Crippen molar-refractivity contribution in [1.82, 2.24) is 10.3 Å². The van der Waals surface area contributed by atoms with Crippen LogP contribution >= 0.6 is 11.3 Å². The van der Waals surface area contributed by atoms with Gasteiger partial charge in [-0.15, -0.1) is 11.3 Å². The number of urea groups is 1. The lowest BCUT2D eigenvalue weighted by Gasteiger charge is -2.07. The monoisotopic (exact) mass is 303 g/mol. The fraction of sp³-hybridized carbons (Fsp3) is 0.375. The molecule has 2 amide bonds. The van der Waals surface area contributed by atoms with E-state index in [1.807, 2.05) is 36.6 Å². The van der Waals surface area contributed by atoms with Crippen LogP contribution in [0.5, 0.6) is 0 Å². The van der Waals surface area contributed by atoms with Crippen LogP contribution in [-0.4, -0.2) is 17.6 Å². The molecule has 112 valence electrons. The van der Waals surface area contributed by atoms with Crippen molar-refractivity contribution in [1.29, 1.82) is 0 Å². The molecule has 0 saturated heterocycles. The largest absolute Gasteiger partial charge is 0.338 e. The number of carbonyl (C=O) groups is 1. The van der Waals surface area contributed by atoms with Crippen molar-refractivity contribution in [2.75, 3.05) is 11.9 Å². The van der Waals surface area contributed by atoms with E-state index in [1.54, 1.807) is 11.3 Å². The van der Waals surface area contributed by atoms with Gasteiger partial charge in [-0.2, -0.15) is 0 Å². The van der Waals surface area contributed by atoms with E-state index < -0.39 is 0 Å². The van der Waals surface area contributed by atoms with E-state index in [0.717, 1.165) is 47.8 Å². The third kappa shape index (κ3) is 4.86. The highest BCUT2D eigenvalue weighted by Crippen LogP contribution is 2.24. The summed E-state index contributed by atoms with van der Waals surface area (Å²) in [5.74, 6) is 0. The average Bonchev–Trinajstić information content (AvgIpc) is 2.91. The fourth-order valence-electron chi connectivity index (χ4n) is 1.93. The molecular weight excluding hydrogens is 282 g/mol. The first kappa shape index (κ1) is 15.5. The number of nitrogens with zero attached hydrogens (tertiary/aromatic N) is 1. The number of aryl methyl sites for hydroxylation is 1. The van der Waals surface area contributed by atoms with Crippen LogP contribution in [0.2, 0.25) is 0 Å². The molecule has 4 nitrogen and oxygen atoms in total. The van der Waals surface area contributed by atoms with Crippen LogP contribution in [0.3, 0.4) is 0 Å². The quantitative estimate of drug-likeness (QED) is 0.776. The Morgan fingerprint density at radius 2 is 2.00 bits per heavy atom. The van der Waals surface area contributed by atoms with E-state index >= 15 is 0 Å². The SMILES string of the molecule is CCCCCNC(=O)Nc1ccc(-c2nc(C)cs2)cc1. The number of amides is 2. The molecular formula is C16H21N3OS. The maximum absolute atomic E-state index is 11.7. The zero-order chi connectivity index (χ0) is 15.1. The van der Waals surface area contributed by atoms with Crippen molar-refractivity contribution in [2.45, 2.75) is 33.1 Å². The summed E-state index contributed by atoms with van der Waals surface area (Å²) in [6.07, 6.45) is 3.31. The van der Waals surface area contributed by atoms with Crippen molar-refractivity contribution in [2.24, 2.45) is 0 Å². The lowest BCUT2D eigenvalue weighted by atomic mass is 10.2. The molecule has 0 aliphatic heterocycles. The molecule has 0 atom stereocenters. The van der Waals surface area contributed by atoms with E-state index in [2.05, 4.69) is 22.5 Å². The van der Waals surface area contributed by atoms with Gasteiger partial charge in [0.1, 0.15) is 5.01 Å². The molecule has 0 spiro atoms. The molecule has 5 heteroatoms. The third-order valence-electron chi connectivity index (χ3n) is 3.07. The summed E-state index contributed by atoms with van der Waals surface area (Å²) in [6, 6.07) is 7.61. The molecule has 0 fully saturated rings. The number of anilines is 1. The highest BCUT2D eigenvalue weighted by atomic mass is 32.1. The van der Waals surface area contributed by atoms with E-state index in [1.165, 1.54) is 0 Å². The number of rotatable bonds is 6. The Labute approximate surface area is 129 Å². The van der Waals surface area contributed by atoms with Gasteiger partial charge in [0, 0.05) is 28.9 Å². The Morgan fingerprint density at radius 3 is 2.62 bits per heavy atom. The maximum Gasteiger partial charge on any atom is 0.319 e. The second-order valence-electron chi connectivity index (χ2n) is 4.96. The highest BCUT2D eigenvalue weighted by molar-refractivity contribution is 7.13. The van der Waals surface area contributed by atoms with Crippen LogP contribution in [0, 0.1) is 6.92 Å². The number of hydrogen-bond donors (Lipinski definition) is 2. The summed E-state index contributed by atoms with van der Waals surface area (Å²) in [4.78, 5) is 16.1. The molecule has 0 aliphatic rings. The molecule has 2 N–H and O–H groups in total. The minimum atomic E-state index is -0.149. The number of unbranched alkanes of at least 4 members (excludes halogenated alkanes) is 2. The predicted octanol–water partition coefficient (Wildman–Crippen LogP) is 4.43. The minimum absolute atomic E-state index is 0.149. The Kier molecular flexibility index (Phi) is 5.75. The van der Waals surface area contributed by atoms with Gasteiger partial charge >= 0.3 is 6.03 Å². The molecule has 0 bridgehead atoms. The summed E-state index contributed by atoms with van der Waals surface area (Å²) in [5.41, 5.74) is 2.89. The van der Waals surface area contributed by atoms with Gasteiger partial charge in [0.25, 0.3) is 0 Å². The number of hydrogen-bond acceptors (Lipinski definition) is 3. The fourth-order valence-corrected chi connectivity index (χ4v) is 2.74. The molecule has 0 aliphatic carbocycles. The van der Waals surface area contributed by atoms with Gasteiger partial charge in [-0.3, -0.25) is 0 Å². The number of nitrogens with one attached hydrogen (secondary N) is 2. The molecule has 1 aromatic carbocycles. The summed E-state index contributed by atoms with van der Waals surface area (Å²) >= 11 is 1.63. The first-order chi connectivity index (χ1) is 10.2. The Balaban J connectivity index is 1.86. The summed E-state index contributed by atoms with van der Waals surface area (Å²) in [6.45, 7) is 4.85. The van der Waals surface area contributed by atoms with E-state index in [4.69, 9.17) is 0 Å². The second-order valence-corrected chi connectivity index (χ2v) is 5.82. The number of carbonyl (C=O) groups excluding carboxylic acids is 1. The summed E-state index contributed by atoms with van der Waals surface area (Å²) < 4.78 is 0. The smallest absolute Gasteiger partial charge is 0.319 e. The average molecular weight is 303 g/mol. The molecule has 1 heterocycles. The van der Waals surface area contributed by atoms with Gasteiger partial charge in [-0.25, -0.2) is 9.78 Å². The molecule has 2 aromatic rings. The molecule has 1 aromatic heterocycles. The van der Waals surface area contributed by atoms with Gasteiger partial charge in [0.2, 0.25) is 0 Å². The van der Waals surface area contributed by atoms with Crippen molar-refractivity contribution < 1.29 is 4.79 Å². The maximum atomic E-state index is 11.7. The lowest BCUT2D eigenvalue weighted by Crippen LogP contribution is -2.29. The zero-order valence-electron chi connectivity index (χ0n) is 12.5.